The highest BCUT2D eigenvalue weighted by Gasteiger charge is 2.19. The fraction of sp³-hybridized carbons (Fsp3) is 0.200. The molecule has 0 saturated heterocycles. The van der Waals surface area contributed by atoms with Gasteiger partial charge in [-0.1, -0.05) is 11.8 Å². The number of non-ortho nitro benzene ring substituents is 1. The van der Waals surface area contributed by atoms with Crippen LogP contribution in [-0.2, 0) is 9.05 Å². The maximum absolute atomic E-state index is 11.3. The Kier molecular flexibility index (Phi) is 4.29. The molecule has 0 amide bonds. The first kappa shape index (κ1) is 14.4. The van der Waals surface area contributed by atoms with E-state index < -0.39 is 30.7 Å². The van der Waals surface area contributed by atoms with Crippen molar-refractivity contribution in [2.45, 2.75) is 17.9 Å². The maximum Gasteiger partial charge on any atom is 0.270 e. The molecule has 8 heteroatoms. The molecule has 0 aromatic heterocycles. The molecule has 0 saturated carbocycles. The summed E-state index contributed by atoms with van der Waals surface area (Å²) in [5.74, 6) is 4.73. The van der Waals surface area contributed by atoms with E-state index in [9.17, 15) is 18.5 Å². The van der Waals surface area contributed by atoms with Crippen LogP contribution in [0.3, 0.4) is 0 Å². The summed E-state index contributed by atoms with van der Waals surface area (Å²) >= 11 is 0. The molecule has 1 aromatic carbocycles. The molecule has 1 N–H and O–H groups in total. The lowest BCUT2D eigenvalue weighted by molar-refractivity contribution is -0.385. The summed E-state index contributed by atoms with van der Waals surface area (Å²) in [7, 11) is 1.02. The molecule has 0 aliphatic rings. The molecule has 0 fully saturated rings. The molecule has 96 valence electrons. The van der Waals surface area contributed by atoms with Crippen LogP contribution in [0.1, 0.15) is 12.5 Å². The first-order valence-corrected chi connectivity index (χ1v) is 6.95. The maximum atomic E-state index is 11.3. The highest BCUT2D eigenvalue weighted by Crippen LogP contribution is 2.24. The van der Waals surface area contributed by atoms with Crippen LogP contribution in [0.5, 0.6) is 0 Å². The number of nitrogens with zero attached hydrogens (tertiary/aromatic N) is 1. The Morgan fingerprint density at radius 3 is 2.56 bits per heavy atom. The van der Waals surface area contributed by atoms with Crippen molar-refractivity contribution in [3.05, 3.63) is 33.9 Å². The van der Waals surface area contributed by atoms with Crippen molar-refractivity contribution in [2.24, 2.45) is 0 Å². The molecule has 6 nitrogen and oxygen atoms in total. The molecule has 1 aromatic rings. The van der Waals surface area contributed by atoms with E-state index >= 15 is 0 Å². The summed E-state index contributed by atoms with van der Waals surface area (Å²) in [6, 6.07) is 3.11. The van der Waals surface area contributed by atoms with E-state index in [1.165, 1.54) is 13.0 Å². The second kappa shape index (κ2) is 5.35. The summed E-state index contributed by atoms with van der Waals surface area (Å²) in [5.41, 5.74) is -0.409. The number of benzene rings is 1. The van der Waals surface area contributed by atoms with Crippen molar-refractivity contribution in [2.75, 3.05) is 0 Å². The molecule has 0 unspecified atom stereocenters. The van der Waals surface area contributed by atoms with Gasteiger partial charge in [0, 0.05) is 28.4 Å². The van der Waals surface area contributed by atoms with Crippen LogP contribution in [0.15, 0.2) is 23.1 Å². The van der Waals surface area contributed by atoms with Crippen LogP contribution in [0.4, 0.5) is 5.69 Å². The predicted octanol–water partition coefficient (Wildman–Crippen LogP) is 1.25. The lowest BCUT2D eigenvalue weighted by Crippen LogP contribution is -1.99. The zero-order valence-electron chi connectivity index (χ0n) is 9.12. The van der Waals surface area contributed by atoms with Crippen molar-refractivity contribution >= 4 is 25.4 Å². The van der Waals surface area contributed by atoms with Gasteiger partial charge in [-0.25, -0.2) is 8.42 Å². The smallest absolute Gasteiger partial charge is 0.270 e. The summed E-state index contributed by atoms with van der Waals surface area (Å²) < 4.78 is 22.6. The SMILES string of the molecule is C[C@H](O)C#Cc1ccc([N+](=O)[O-])cc1S(=O)(=O)Cl. The Balaban J connectivity index is 3.46. The van der Waals surface area contributed by atoms with E-state index in [4.69, 9.17) is 15.8 Å². The highest BCUT2D eigenvalue weighted by molar-refractivity contribution is 8.13. The topological polar surface area (TPSA) is 97.5 Å². The zero-order valence-corrected chi connectivity index (χ0v) is 10.7. The molecule has 0 heterocycles. The Bertz CT molecular complexity index is 642. The van der Waals surface area contributed by atoms with Gasteiger partial charge in [-0.3, -0.25) is 10.1 Å². The first-order chi connectivity index (χ1) is 8.21. The van der Waals surface area contributed by atoms with E-state index in [2.05, 4.69) is 11.8 Å². The molecule has 1 rings (SSSR count). The van der Waals surface area contributed by atoms with E-state index in [0.717, 1.165) is 12.1 Å². The molecule has 0 bridgehead atoms. The van der Waals surface area contributed by atoms with Crippen LogP contribution in [0.2, 0.25) is 0 Å². The standard InChI is InChI=1S/C10H8ClNO5S/c1-7(13)2-3-8-4-5-9(12(14)15)6-10(8)18(11,16)17/h4-7,13H,1H3/t7-/m0/s1. The number of aliphatic hydroxyl groups is 1. The molecule has 0 aliphatic carbocycles. The fourth-order valence-electron chi connectivity index (χ4n) is 1.11. The largest absolute Gasteiger partial charge is 0.381 e. The van der Waals surface area contributed by atoms with Gasteiger partial charge in [-0.15, -0.1) is 0 Å². The van der Waals surface area contributed by atoms with E-state index in [1.54, 1.807) is 0 Å². The summed E-state index contributed by atoms with van der Waals surface area (Å²) in [4.78, 5) is 9.36. The third kappa shape index (κ3) is 3.70. The zero-order chi connectivity index (χ0) is 13.9. The minimum Gasteiger partial charge on any atom is -0.381 e. The van der Waals surface area contributed by atoms with Gasteiger partial charge in [0.1, 0.15) is 11.0 Å². The van der Waals surface area contributed by atoms with Gasteiger partial charge in [-0.2, -0.15) is 0 Å². The Labute approximate surface area is 108 Å². The third-order valence-electron chi connectivity index (χ3n) is 1.85. The van der Waals surface area contributed by atoms with Crippen LogP contribution < -0.4 is 0 Å². The summed E-state index contributed by atoms with van der Waals surface area (Å²) in [6.07, 6.45) is -0.953. The molecule has 0 spiro atoms. The number of hydrogen-bond acceptors (Lipinski definition) is 5. The predicted molar refractivity (Wildman–Crippen MR) is 64.7 cm³/mol. The minimum atomic E-state index is -4.15. The number of halogens is 1. The first-order valence-electron chi connectivity index (χ1n) is 4.64. The van der Waals surface area contributed by atoms with E-state index in [-0.39, 0.29) is 5.56 Å². The Morgan fingerprint density at radius 1 is 1.50 bits per heavy atom. The normalized spacial score (nSPS) is 12.4. The van der Waals surface area contributed by atoms with E-state index in [1.807, 2.05) is 0 Å². The number of nitro benzene ring substituents is 1. The van der Waals surface area contributed by atoms with Crippen molar-refractivity contribution in [1.82, 2.24) is 0 Å². The fourth-order valence-corrected chi connectivity index (χ4v) is 2.14. The Morgan fingerprint density at radius 2 is 2.11 bits per heavy atom. The van der Waals surface area contributed by atoms with Gasteiger partial charge in [0.15, 0.2) is 0 Å². The Hall–Kier alpha value is -1.62. The monoisotopic (exact) mass is 289 g/mol. The number of rotatable bonds is 2. The number of nitro groups is 1. The molecule has 1 atom stereocenters. The van der Waals surface area contributed by atoms with Crippen LogP contribution in [0.25, 0.3) is 0 Å². The van der Waals surface area contributed by atoms with Crippen LogP contribution in [0, 0.1) is 22.0 Å². The van der Waals surface area contributed by atoms with Crippen molar-refractivity contribution in [1.29, 1.82) is 0 Å². The molecule has 18 heavy (non-hydrogen) atoms. The second-order valence-electron chi connectivity index (χ2n) is 3.32. The van der Waals surface area contributed by atoms with Crippen molar-refractivity contribution < 1.29 is 18.4 Å². The summed E-state index contributed by atoms with van der Waals surface area (Å²) in [6.45, 7) is 1.40. The van der Waals surface area contributed by atoms with Gasteiger partial charge < -0.3 is 5.11 Å². The van der Waals surface area contributed by atoms with Gasteiger partial charge >= 0.3 is 0 Å². The molecular formula is C10H8ClNO5S. The van der Waals surface area contributed by atoms with Crippen LogP contribution in [-0.4, -0.2) is 24.6 Å². The van der Waals surface area contributed by atoms with Gasteiger partial charge in [-0.05, 0) is 13.0 Å². The molecule has 0 radical (unpaired) electrons. The van der Waals surface area contributed by atoms with E-state index in [0.29, 0.717) is 0 Å². The number of aliphatic hydroxyl groups excluding tert-OH is 1. The summed E-state index contributed by atoms with van der Waals surface area (Å²) in [5, 5.41) is 19.5. The minimum absolute atomic E-state index is 0.00324. The average molecular weight is 290 g/mol. The number of hydrogen-bond donors (Lipinski definition) is 1. The van der Waals surface area contributed by atoms with Gasteiger partial charge in [0.05, 0.1) is 4.92 Å². The lowest BCUT2D eigenvalue weighted by atomic mass is 10.2. The van der Waals surface area contributed by atoms with Gasteiger partial charge in [0.2, 0.25) is 0 Å². The highest BCUT2D eigenvalue weighted by atomic mass is 35.7. The molecular weight excluding hydrogens is 282 g/mol. The van der Waals surface area contributed by atoms with Crippen molar-refractivity contribution in [3.63, 3.8) is 0 Å². The lowest BCUT2D eigenvalue weighted by Gasteiger charge is -2.00. The average Bonchev–Trinajstić information content (AvgIpc) is 2.24. The van der Waals surface area contributed by atoms with Crippen LogP contribution >= 0.6 is 10.7 Å². The van der Waals surface area contributed by atoms with Crippen molar-refractivity contribution in [3.8, 4) is 11.8 Å². The third-order valence-corrected chi connectivity index (χ3v) is 3.22. The van der Waals surface area contributed by atoms with Gasteiger partial charge in [0.25, 0.3) is 14.7 Å². The second-order valence-corrected chi connectivity index (χ2v) is 5.86. The molecule has 0 aliphatic heterocycles. The quantitative estimate of drug-likeness (QED) is 0.382.